The molecule has 0 aromatic carbocycles. The number of quaternary nitrogens is 1. The molecule has 0 aromatic heterocycles. The molecule has 0 heterocycles. The Bertz CT molecular complexity index is 1730. The van der Waals surface area contributed by atoms with Crippen molar-refractivity contribution in [3.05, 3.63) is 122 Å². The van der Waals surface area contributed by atoms with Gasteiger partial charge in [-0.3, -0.25) is 18.6 Å². The lowest BCUT2D eigenvalue weighted by Crippen LogP contribution is -2.47. The fourth-order valence-corrected chi connectivity index (χ4v) is 8.97. The smallest absolute Gasteiger partial charge is 0.456 e. The molecule has 3 atom stereocenters. The predicted molar refractivity (Wildman–Crippen MR) is 332 cm³/mol. The lowest BCUT2D eigenvalue weighted by molar-refractivity contribution is -0.870. The van der Waals surface area contributed by atoms with Crippen molar-refractivity contribution >= 4 is 19.7 Å². The molecule has 0 saturated carbocycles. The van der Waals surface area contributed by atoms with Gasteiger partial charge in [-0.05, 0) is 102 Å². The number of allylic oxidation sites excluding steroid dienone is 19. The van der Waals surface area contributed by atoms with Crippen molar-refractivity contribution in [2.24, 2.45) is 0 Å². The van der Waals surface area contributed by atoms with Crippen LogP contribution in [0.15, 0.2) is 122 Å². The number of unbranched alkanes of at least 4 members (excludes halogenated alkanes) is 22. The lowest BCUT2D eigenvalue weighted by Gasteiger charge is -2.27. The minimum atomic E-state index is -4.46. The van der Waals surface area contributed by atoms with Crippen molar-refractivity contribution in [1.82, 2.24) is 5.32 Å². The molecular formula is C67H116N2O7P+. The third-order valence-electron chi connectivity index (χ3n) is 13.0. The van der Waals surface area contributed by atoms with Gasteiger partial charge in [-0.15, -0.1) is 0 Å². The largest absolute Gasteiger partial charge is 0.472 e. The number of hydrogen-bond donors (Lipinski definition) is 2. The predicted octanol–water partition coefficient (Wildman–Crippen LogP) is 19.1. The molecule has 0 aliphatic heterocycles. The maximum absolute atomic E-state index is 13.5. The minimum Gasteiger partial charge on any atom is -0.456 e. The molecule has 0 saturated heterocycles. The number of phosphoric acid groups is 1. The second kappa shape index (κ2) is 55.7. The van der Waals surface area contributed by atoms with Gasteiger partial charge in [0.25, 0.3) is 0 Å². The molecule has 0 rings (SSSR count). The van der Waals surface area contributed by atoms with E-state index in [1.54, 1.807) is 0 Å². The zero-order valence-corrected chi connectivity index (χ0v) is 51.1. The van der Waals surface area contributed by atoms with E-state index in [1.165, 1.54) is 57.8 Å². The maximum atomic E-state index is 13.5. The Kier molecular flexibility index (Phi) is 53.1. The Morgan fingerprint density at radius 2 is 0.896 bits per heavy atom. The molecule has 77 heavy (non-hydrogen) atoms. The number of amides is 1. The Hall–Kier alpha value is -3.59. The van der Waals surface area contributed by atoms with Crippen molar-refractivity contribution in [1.29, 1.82) is 0 Å². The van der Waals surface area contributed by atoms with E-state index >= 15 is 0 Å². The fraction of sp³-hybridized carbons (Fsp3) is 0.672. The normalized spacial score (nSPS) is 14.5. The van der Waals surface area contributed by atoms with Crippen LogP contribution in [-0.2, 0) is 27.9 Å². The summed E-state index contributed by atoms with van der Waals surface area (Å²) in [5.41, 5.74) is 0. The summed E-state index contributed by atoms with van der Waals surface area (Å²) in [6.45, 7) is 6.72. The van der Waals surface area contributed by atoms with Gasteiger partial charge in [0, 0.05) is 12.8 Å². The molecular weight excluding hydrogens is 976 g/mol. The van der Waals surface area contributed by atoms with Crippen LogP contribution in [0.1, 0.15) is 239 Å². The van der Waals surface area contributed by atoms with Crippen molar-refractivity contribution in [2.75, 3.05) is 40.9 Å². The number of ether oxygens (including phenoxy) is 1. The summed E-state index contributed by atoms with van der Waals surface area (Å²) >= 11 is 0. The Labute approximate surface area is 473 Å². The minimum absolute atomic E-state index is 0.0268. The number of carbonyl (C=O) groups excluding carboxylic acids is 2. The highest BCUT2D eigenvalue weighted by Crippen LogP contribution is 2.43. The van der Waals surface area contributed by atoms with Crippen LogP contribution in [0.2, 0.25) is 0 Å². The maximum Gasteiger partial charge on any atom is 0.472 e. The number of hydrogen-bond acceptors (Lipinski definition) is 6. The molecule has 0 bridgehead atoms. The van der Waals surface area contributed by atoms with Crippen LogP contribution in [0, 0.1) is 0 Å². The van der Waals surface area contributed by atoms with Crippen LogP contribution in [-0.4, -0.2) is 74.3 Å². The van der Waals surface area contributed by atoms with E-state index < -0.39 is 20.0 Å². The first-order valence-electron chi connectivity index (χ1n) is 30.9. The number of esters is 1. The summed E-state index contributed by atoms with van der Waals surface area (Å²) in [5.74, 6) is -0.554. The first-order valence-corrected chi connectivity index (χ1v) is 32.4. The first-order chi connectivity index (χ1) is 37.4. The van der Waals surface area contributed by atoms with E-state index in [0.717, 1.165) is 141 Å². The monoisotopic (exact) mass is 1090 g/mol. The average molecular weight is 1090 g/mol. The van der Waals surface area contributed by atoms with E-state index in [-0.39, 0.29) is 31.5 Å². The highest BCUT2D eigenvalue weighted by Gasteiger charge is 2.30. The number of phosphoric ester groups is 1. The molecule has 3 unspecified atom stereocenters. The van der Waals surface area contributed by atoms with Gasteiger partial charge in [-0.25, -0.2) is 4.57 Å². The number of rotatable bonds is 54. The van der Waals surface area contributed by atoms with E-state index in [4.69, 9.17) is 13.8 Å². The van der Waals surface area contributed by atoms with Crippen molar-refractivity contribution in [3.8, 4) is 0 Å². The van der Waals surface area contributed by atoms with Gasteiger partial charge in [-0.2, -0.15) is 0 Å². The summed E-state index contributed by atoms with van der Waals surface area (Å²) in [6.07, 6.45) is 77.7. The lowest BCUT2D eigenvalue weighted by atomic mass is 10.0. The number of likely N-dealkylation sites (N-methyl/N-ethyl adjacent to an activating group) is 1. The highest BCUT2D eigenvalue weighted by atomic mass is 31.2. The summed E-state index contributed by atoms with van der Waals surface area (Å²) in [6, 6.07) is -0.873. The molecule has 1 amide bonds. The van der Waals surface area contributed by atoms with E-state index in [9.17, 15) is 19.0 Å². The zero-order chi connectivity index (χ0) is 56.4. The molecule has 0 aliphatic rings. The number of carbonyl (C=O) groups is 2. The molecule has 10 heteroatoms. The Morgan fingerprint density at radius 3 is 1.39 bits per heavy atom. The molecule has 0 aliphatic carbocycles. The molecule has 0 aromatic rings. The second-order valence-electron chi connectivity index (χ2n) is 21.5. The SMILES string of the molecule is CC/C=C\C/C=C\C/C=C\C/C=C\C/C=C\C/C=C\CCCCCCCCC(=O)OC(/C=C\CCCCCCCCCCCCC)C(COP(=O)(O)OCC[N+](C)(C)C)NC(=O)CCCCCCC\C=C/C=C/C=C/CC. The molecule has 0 radical (unpaired) electrons. The van der Waals surface area contributed by atoms with Gasteiger partial charge in [0.05, 0.1) is 33.8 Å². The van der Waals surface area contributed by atoms with Gasteiger partial charge in [0.15, 0.2) is 0 Å². The summed E-state index contributed by atoms with van der Waals surface area (Å²) in [5, 5.41) is 3.03. The second-order valence-corrected chi connectivity index (χ2v) is 23.0. The molecule has 0 spiro atoms. The summed E-state index contributed by atoms with van der Waals surface area (Å²) in [4.78, 5) is 37.7. The van der Waals surface area contributed by atoms with Gasteiger partial charge in [-0.1, -0.05) is 245 Å². The fourth-order valence-electron chi connectivity index (χ4n) is 8.24. The number of nitrogens with one attached hydrogen (secondary N) is 1. The van der Waals surface area contributed by atoms with Crippen LogP contribution in [0.3, 0.4) is 0 Å². The first kappa shape index (κ1) is 73.4. The third kappa shape index (κ3) is 56.9. The van der Waals surface area contributed by atoms with Gasteiger partial charge in [0.1, 0.15) is 19.3 Å². The van der Waals surface area contributed by atoms with Crippen molar-refractivity contribution in [3.63, 3.8) is 0 Å². The molecule has 9 nitrogen and oxygen atoms in total. The van der Waals surface area contributed by atoms with E-state index in [0.29, 0.717) is 23.9 Å². The van der Waals surface area contributed by atoms with Crippen LogP contribution < -0.4 is 5.32 Å². The van der Waals surface area contributed by atoms with Crippen LogP contribution >= 0.6 is 7.82 Å². The average Bonchev–Trinajstić information content (AvgIpc) is 3.39. The standard InChI is InChI=1S/C67H115N2O7P/c1-7-10-13-16-19-22-25-28-29-30-31-32-33-34-35-36-37-38-39-42-45-48-51-54-57-60-67(71)76-65(58-55-52-49-46-43-40-26-23-20-17-14-11-8-2)64(63-75-77(72,73)74-62-61-69(4,5)6)68-66(70)59-56-53-50-47-44-41-27-24-21-18-15-12-9-3/h10,12-13,15,18-19,21-22,24,27-29,31-32,34-35,37-38,55,58,64-65H,7-9,11,14,16-17,20,23,25-26,30,33,36,39-54,56-57,59-63H2,1-6H3,(H-,68,70,72,73)/p+1/b13-10-,15-12+,21-18+,22-19-,27-24-,29-28-,32-31-,35-34-,38-37-,58-55-. The van der Waals surface area contributed by atoms with E-state index in [1.807, 2.05) is 39.4 Å². The van der Waals surface area contributed by atoms with Crippen LogP contribution in [0.5, 0.6) is 0 Å². The Morgan fingerprint density at radius 1 is 0.481 bits per heavy atom. The molecule has 0 fully saturated rings. The zero-order valence-electron chi connectivity index (χ0n) is 50.2. The topological polar surface area (TPSA) is 111 Å². The van der Waals surface area contributed by atoms with Crippen LogP contribution in [0.4, 0.5) is 0 Å². The van der Waals surface area contributed by atoms with Crippen LogP contribution in [0.25, 0.3) is 0 Å². The molecule has 440 valence electrons. The Balaban J connectivity index is 5.26. The van der Waals surface area contributed by atoms with Crippen molar-refractivity contribution in [2.45, 2.75) is 251 Å². The molecule has 2 N–H and O–H groups in total. The highest BCUT2D eigenvalue weighted by molar-refractivity contribution is 7.47. The van der Waals surface area contributed by atoms with E-state index in [2.05, 4.69) is 129 Å². The number of nitrogens with zero attached hydrogens (tertiary/aromatic N) is 1. The van der Waals surface area contributed by atoms with Gasteiger partial charge in [0.2, 0.25) is 5.91 Å². The summed E-state index contributed by atoms with van der Waals surface area (Å²) in [7, 11) is 1.45. The van der Waals surface area contributed by atoms with Gasteiger partial charge < -0.3 is 19.4 Å². The van der Waals surface area contributed by atoms with Crippen molar-refractivity contribution < 1.29 is 37.3 Å². The van der Waals surface area contributed by atoms with Gasteiger partial charge >= 0.3 is 13.8 Å². The quantitative estimate of drug-likeness (QED) is 0.0156. The summed E-state index contributed by atoms with van der Waals surface area (Å²) < 4.78 is 30.6. The third-order valence-corrected chi connectivity index (χ3v) is 13.9.